The third kappa shape index (κ3) is 1.99. The van der Waals surface area contributed by atoms with E-state index < -0.39 is 11.6 Å². The summed E-state index contributed by atoms with van der Waals surface area (Å²) >= 11 is 1.39. The maximum Gasteiger partial charge on any atom is 0.167 e. The Labute approximate surface area is 96.5 Å². The topological polar surface area (TPSA) is 26.0 Å². The highest BCUT2D eigenvalue weighted by molar-refractivity contribution is 7.15. The summed E-state index contributed by atoms with van der Waals surface area (Å²) in [6.45, 7) is 1.86. The fraction of sp³-hybridized carbons (Fsp3) is 0.167. The van der Waals surface area contributed by atoms with E-state index in [0.717, 1.165) is 10.9 Å². The van der Waals surface area contributed by atoms with Crippen molar-refractivity contribution < 1.29 is 8.78 Å². The Morgan fingerprint density at radius 3 is 2.56 bits per heavy atom. The van der Waals surface area contributed by atoms with Crippen molar-refractivity contribution >= 4 is 11.3 Å². The molecule has 2 rings (SSSR count). The lowest BCUT2D eigenvalue weighted by Crippen LogP contribution is -2.01. The molecular formula is C12H11F2NS. The van der Waals surface area contributed by atoms with Crippen LogP contribution < -0.4 is 5.73 Å². The monoisotopic (exact) mass is 239 g/mol. The SMILES string of the molecule is CC(N)c1ccc(-c2cccc(F)c2F)s1. The molecule has 0 spiro atoms. The molecule has 0 radical (unpaired) electrons. The molecule has 0 bridgehead atoms. The molecule has 2 aromatic rings. The van der Waals surface area contributed by atoms with Crippen molar-refractivity contribution in [1.29, 1.82) is 0 Å². The Kier molecular flexibility index (Phi) is 3.03. The van der Waals surface area contributed by atoms with Crippen molar-refractivity contribution in [2.24, 2.45) is 5.73 Å². The molecule has 0 saturated carbocycles. The largest absolute Gasteiger partial charge is 0.324 e. The van der Waals surface area contributed by atoms with Crippen LogP contribution in [0.1, 0.15) is 17.8 Å². The smallest absolute Gasteiger partial charge is 0.167 e. The second-order valence-corrected chi connectivity index (χ2v) is 4.71. The molecule has 1 heterocycles. The first-order valence-electron chi connectivity index (χ1n) is 4.89. The Balaban J connectivity index is 2.47. The number of rotatable bonds is 2. The zero-order chi connectivity index (χ0) is 11.7. The highest BCUT2D eigenvalue weighted by Gasteiger charge is 2.12. The van der Waals surface area contributed by atoms with Gasteiger partial charge in [-0.25, -0.2) is 8.78 Å². The van der Waals surface area contributed by atoms with Gasteiger partial charge < -0.3 is 5.73 Å². The summed E-state index contributed by atoms with van der Waals surface area (Å²) in [4.78, 5) is 1.66. The molecule has 0 saturated heterocycles. The van der Waals surface area contributed by atoms with Crippen molar-refractivity contribution in [2.75, 3.05) is 0 Å². The average molecular weight is 239 g/mol. The number of benzene rings is 1. The zero-order valence-corrected chi connectivity index (χ0v) is 9.52. The van der Waals surface area contributed by atoms with Crippen LogP contribution in [0.3, 0.4) is 0 Å². The van der Waals surface area contributed by atoms with E-state index in [1.165, 1.54) is 17.4 Å². The van der Waals surface area contributed by atoms with Crippen molar-refractivity contribution in [3.05, 3.63) is 46.8 Å². The van der Waals surface area contributed by atoms with Crippen molar-refractivity contribution in [3.8, 4) is 10.4 Å². The molecule has 0 aliphatic heterocycles. The van der Waals surface area contributed by atoms with E-state index in [1.807, 2.05) is 13.0 Å². The predicted octanol–water partition coefficient (Wildman–Crippen LogP) is 3.71. The lowest BCUT2D eigenvalue weighted by molar-refractivity contribution is 0.511. The highest BCUT2D eigenvalue weighted by Crippen LogP contribution is 2.32. The number of hydrogen-bond donors (Lipinski definition) is 1. The average Bonchev–Trinajstić information content (AvgIpc) is 2.71. The van der Waals surface area contributed by atoms with Gasteiger partial charge >= 0.3 is 0 Å². The minimum absolute atomic E-state index is 0.0876. The zero-order valence-electron chi connectivity index (χ0n) is 8.71. The molecule has 0 aliphatic rings. The highest BCUT2D eigenvalue weighted by atomic mass is 32.1. The summed E-state index contributed by atoms with van der Waals surface area (Å²) in [5, 5.41) is 0. The number of halogens is 2. The van der Waals surface area contributed by atoms with Gasteiger partial charge in [-0.3, -0.25) is 0 Å². The maximum atomic E-state index is 13.5. The Morgan fingerprint density at radius 2 is 1.94 bits per heavy atom. The predicted molar refractivity (Wildman–Crippen MR) is 62.3 cm³/mol. The Morgan fingerprint density at radius 1 is 1.19 bits per heavy atom. The molecule has 1 atom stereocenters. The molecule has 1 aromatic carbocycles. The van der Waals surface area contributed by atoms with Gasteiger partial charge in [0.15, 0.2) is 11.6 Å². The number of hydrogen-bond acceptors (Lipinski definition) is 2. The molecule has 0 amide bonds. The normalized spacial score (nSPS) is 12.8. The quantitative estimate of drug-likeness (QED) is 0.849. The van der Waals surface area contributed by atoms with Crippen LogP contribution in [0.2, 0.25) is 0 Å². The van der Waals surface area contributed by atoms with Gasteiger partial charge in [-0.2, -0.15) is 0 Å². The van der Waals surface area contributed by atoms with E-state index in [-0.39, 0.29) is 11.6 Å². The van der Waals surface area contributed by atoms with E-state index in [4.69, 9.17) is 5.73 Å². The van der Waals surface area contributed by atoms with Crippen LogP contribution in [-0.2, 0) is 0 Å². The van der Waals surface area contributed by atoms with Gasteiger partial charge in [-0.15, -0.1) is 11.3 Å². The summed E-state index contributed by atoms with van der Waals surface area (Å²) in [5.41, 5.74) is 6.00. The van der Waals surface area contributed by atoms with E-state index in [1.54, 1.807) is 12.1 Å². The minimum atomic E-state index is -0.826. The van der Waals surface area contributed by atoms with Gasteiger partial charge in [-0.1, -0.05) is 12.1 Å². The van der Waals surface area contributed by atoms with Crippen molar-refractivity contribution in [1.82, 2.24) is 0 Å². The third-order valence-electron chi connectivity index (χ3n) is 2.29. The van der Waals surface area contributed by atoms with E-state index in [2.05, 4.69) is 0 Å². The molecule has 16 heavy (non-hydrogen) atoms. The molecule has 2 N–H and O–H groups in total. The van der Waals surface area contributed by atoms with Crippen LogP contribution in [-0.4, -0.2) is 0 Å². The maximum absolute atomic E-state index is 13.5. The summed E-state index contributed by atoms with van der Waals surface area (Å²) in [6, 6.07) is 7.69. The molecule has 1 aromatic heterocycles. The van der Waals surface area contributed by atoms with E-state index >= 15 is 0 Å². The fourth-order valence-electron chi connectivity index (χ4n) is 1.44. The summed E-state index contributed by atoms with van der Waals surface area (Å²) in [7, 11) is 0. The first-order valence-corrected chi connectivity index (χ1v) is 5.71. The van der Waals surface area contributed by atoms with Gasteiger partial charge in [0.2, 0.25) is 0 Å². The fourth-order valence-corrected chi connectivity index (χ4v) is 2.42. The molecule has 1 unspecified atom stereocenters. The Hall–Kier alpha value is -1.26. The molecule has 84 valence electrons. The lowest BCUT2D eigenvalue weighted by atomic mass is 10.1. The van der Waals surface area contributed by atoms with Gasteiger partial charge in [0.25, 0.3) is 0 Å². The van der Waals surface area contributed by atoms with Gasteiger partial charge in [0, 0.05) is 21.4 Å². The third-order valence-corrected chi connectivity index (χ3v) is 3.61. The van der Waals surface area contributed by atoms with Crippen LogP contribution in [0.5, 0.6) is 0 Å². The van der Waals surface area contributed by atoms with Gasteiger partial charge in [0.05, 0.1) is 0 Å². The van der Waals surface area contributed by atoms with Crippen LogP contribution in [0.25, 0.3) is 10.4 Å². The van der Waals surface area contributed by atoms with Crippen LogP contribution >= 0.6 is 11.3 Å². The molecule has 0 fully saturated rings. The lowest BCUT2D eigenvalue weighted by Gasteiger charge is -2.01. The molecule has 0 aliphatic carbocycles. The standard InChI is InChI=1S/C12H11F2NS/c1-7(15)10-5-6-11(16-10)8-3-2-4-9(13)12(8)14/h2-7H,15H2,1H3. The van der Waals surface area contributed by atoms with Crippen LogP contribution in [0.4, 0.5) is 8.78 Å². The van der Waals surface area contributed by atoms with E-state index in [0.29, 0.717) is 4.88 Å². The molecule has 4 heteroatoms. The van der Waals surface area contributed by atoms with Crippen LogP contribution in [0.15, 0.2) is 30.3 Å². The summed E-state index contributed by atoms with van der Waals surface area (Å²) in [6.07, 6.45) is 0. The van der Waals surface area contributed by atoms with Crippen molar-refractivity contribution in [2.45, 2.75) is 13.0 Å². The minimum Gasteiger partial charge on any atom is -0.324 e. The van der Waals surface area contributed by atoms with Gasteiger partial charge in [0.1, 0.15) is 0 Å². The molecular weight excluding hydrogens is 228 g/mol. The van der Waals surface area contributed by atoms with Crippen LogP contribution in [0, 0.1) is 11.6 Å². The summed E-state index contributed by atoms with van der Waals surface area (Å²) < 4.78 is 26.5. The van der Waals surface area contributed by atoms with Gasteiger partial charge in [-0.05, 0) is 25.1 Å². The molecule has 1 nitrogen and oxygen atoms in total. The second-order valence-electron chi connectivity index (χ2n) is 3.59. The second kappa shape index (κ2) is 4.31. The van der Waals surface area contributed by atoms with E-state index in [9.17, 15) is 8.78 Å². The number of thiophene rings is 1. The first kappa shape index (κ1) is 11.2. The summed E-state index contributed by atoms with van der Waals surface area (Å²) in [5.74, 6) is -1.63. The van der Waals surface area contributed by atoms with Crippen molar-refractivity contribution in [3.63, 3.8) is 0 Å². The number of nitrogens with two attached hydrogens (primary N) is 1. The Bertz CT molecular complexity index is 505. The first-order chi connectivity index (χ1) is 7.59.